The SMILES string of the molecule is Cc1cc(NC(=O)c2cn(CCO)nn2)n(Cc2ccccc2)n1. The molecule has 0 aliphatic carbocycles. The number of hydrogen-bond acceptors (Lipinski definition) is 5. The topological polar surface area (TPSA) is 97.9 Å². The second-order valence-electron chi connectivity index (χ2n) is 5.36. The minimum absolute atomic E-state index is 0.0620. The minimum Gasteiger partial charge on any atom is -0.394 e. The lowest BCUT2D eigenvalue weighted by atomic mass is 10.2. The van der Waals surface area contributed by atoms with Crippen molar-refractivity contribution in [2.45, 2.75) is 20.0 Å². The molecular weight excluding hydrogens is 308 g/mol. The Balaban J connectivity index is 1.75. The number of benzene rings is 1. The number of nitrogens with zero attached hydrogens (tertiary/aromatic N) is 5. The summed E-state index contributed by atoms with van der Waals surface area (Å²) in [5, 5.41) is 23.7. The zero-order valence-electron chi connectivity index (χ0n) is 13.3. The average Bonchev–Trinajstić information content (AvgIpc) is 3.16. The number of carbonyl (C=O) groups excluding carboxylic acids is 1. The van der Waals surface area contributed by atoms with E-state index in [4.69, 9.17) is 5.11 Å². The van der Waals surface area contributed by atoms with Gasteiger partial charge in [-0.3, -0.25) is 4.79 Å². The molecule has 0 aliphatic rings. The maximum absolute atomic E-state index is 12.3. The Labute approximate surface area is 138 Å². The molecule has 3 rings (SSSR count). The lowest BCUT2D eigenvalue weighted by molar-refractivity contribution is 0.102. The van der Waals surface area contributed by atoms with Gasteiger partial charge in [0.15, 0.2) is 5.69 Å². The highest BCUT2D eigenvalue weighted by Gasteiger charge is 2.14. The molecule has 8 nitrogen and oxygen atoms in total. The van der Waals surface area contributed by atoms with Crippen LogP contribution in [-0.4, -0.2) is 42.4 Å². The van der Waals surface area contributed by atoms with E-state index in [2.05, 4.69) is 20.7 Å². The van der Waals surface area contributed by atoms with Crippen molar-refractivity contribution >= 4 is 11.7 Å². The molecule has 0 radical (unpaired) electrons. The molecule has 0 saturated carbocycles. The van der Waals surface area contributed by atoms with E-state index in [0.29, 0.717) is 18.9 Å². The summed E-state index contributed by atoms with van der Waals surface area (Å²) in [6.07, 6.45) is 1.50. The lowest BCUT2D eigenvalue weighted by Crippen LogP contribution is -2.16. The number of aliphatic hydroxyl groups excluding tert-OH is 1. The van der Waals surface area contributed by atoms with E-state index in [9.17, 15) is 4.79 Å². The second-order valence-corrected chi connectivity index (χ2v) is 5.36. The number of rotatable bonds is 6. The fraction of sp³-hybridized carbons (Fsp3) is 0.250. The second kappa shape index (κ2) is 7.05. The number of aromatic nitrogens is 5. The summed E-state index contributed by atoms with van der Waals surface area (Å²) in [6.45, 7) is 2.66. The first-order valence-corrected chi connectivity index (χ1v) is 7.56. The molecule has 0 saturated heterocycles. The predicted octanol–water partition coefficient (Wildman–Crippen LogP) is 1.08. The molecule has 0 atom stereocenters. The third kappa shape index (κ3) is 3.66. The predicted molar refractivity (Wildman–Crippen MR) is 87.6 cm³/mol. The number of aliphatic hydroxyl groups is 1. The van der Waals surface area contributed by atoms with Gasteiger partial charge in [-0.05, 0) is 12.5 Å². The molecule has 0 bridgehead atoms. The van der Waals surface area contributed by atoms with Gasteiger partial charge in [0.2, 0.25) is 0 Å². The van der Waals surface area contributed by atoms with Crippen molar-refractivity contribution in [3.05, 3.63) is 59.5 Å². The fourth-order valence-electron chi connectivity index (χ4n) is 2.32. The molecule has 8 heteroatoms. The zero-order chi connectivity index (χ0) is 16.9. The van der Waals surface area contributed by atoms with Crippen molar-refractivity contribution in [2.75, 3.05) is 11.9 Å². The molecule has 2 heterocycles. The summed E-state index contributed by atoms with van der Waals surface area (Å²) < 4.78 is 3.15. The van der Waals surface area contributed by atoms with Crippen molar-refractivity contribution in [1.29, 1.82) is 0 Å². The Hall–Kier alpha value is -3.00. The van der Waals surface area contributed by atoms with Crippen LogP contribution in [0, 0.1) is 6.92 Å². The van der Waals surface area contributed by atoms with Crippen LogP contribution in [0.4, 0.5) is 5.82 Å². The van der Waals surface area contributed by atoms with Crippen LogP contribution in [0.5, 0.6) is 0 Å². The highest BCUT2D eigenvalue weighted by Crippen LogP contribution is 2.14. The van der Waals surface area contributed by atoms with Crippen LogP contribution in [-0.2, 0) is 13.1 Å². The molecule has 2 aromatic heterocycles. The van der Waals surface area contributed by atoms with Gasteiger partial charge in [0.1, 0.15) is 5.82 Å². The van der Waals surface area contributed by atoms with Crippen molar-refractivity contribution < 1.29 is 9.90 Å². The number of anilines is 1. The smallest absolute Gasteiger partial charge is 0.278 e. The van der Waals surface area contributed by atoms with Gasteiger partial charge in [0.05, 0.1) is 31.6 Å². The Morgan fingerprint density at radius 3 is 2.83 bits per heavy atom. The van der Waals surface area contributed by atoms with Crippen LogP contribution >= 0.6 is 0 Å². The Bertz CT molecular complexity index is 824. The van der Waals surface area contributed by atoms with E-state index in [1.165, 1.54) is 10.9 Å². The third-order valence-electron chi connectivity index (χ3n) is 3.42. The van der Waals surface area contributed by atoms with Crippen molar-refractivity contribution in [1.82, 2.24) is 24.8 Å². The summed E-state index contributed by atoms with van der Waals surface area (Å²) in [7, 11) is 0. The first-order valence-electron chi connectivity index (χ1n) is 7.56. The van der Waals surface area contributed by atoms with Gasteiger partial charge in [0, 0.05) is 6.07 Å². The summed E-state index contributed by atoms with van der Waals surface area (Å²) in [5.74, 6) is 0.228. The number of aryl methyl sites for hydroxylation is 1. The highest BCUT2D eigenvalue weighted by atomic mass is 16.3. The van der Waals surface area contributed by atoms with Gasteiger partial charge in [-0.25, -0.2) is 9.36 Å². The van der Waals surface area contributed by atoms with Crippen LogP contribution in [0.15, 0.2) is 42.6 Å². The van der Waals surface area contributed by atoms with E-state index in [0.717, 1.165) is 11.3 Å². The van der Waals surface area contributed by atoms with Crippen LogP contribution in [0.1, 0.15) is 21.7 Å². The fourth-order valence-corrected chi connectivity index (χ4v) is 2.32. The first-order chi connectivity index (χ1) is 11.7. The van der Waals surface area contributed by atoms with Crippen molar-refractivity contribution in [3.63, 3.8) is 0 Å². The molecular formula is C16H18N6O2. The molecule has 2 N–H and O–H groups in total. The molecule has 0 fully saturated rings. The molecule has 0 aliphatic heterocycles. The quantitative estimate of drug-likeness (QED) is 0.706. The molecule has 1 aromatic carbocycles. The number of amides is 1. The Morgan fingerprint density at radius 2 is 2.08 bits per heavy atom. The Kier molecular flexibility index (Phi) is 4.66. The van der Waals surface area contributed by atoms with Crippen molar-refractivity contribution in [2.24, 2.45) is 0 Å². The standard InChI is InChI=1S/C16H18N6O2/c1-12-9-15(22(19-12)10-13-5-3-2-4-6-13)17-16(24)14-11-21(7-8-23)20-18-14/h2-6,9,11,23H,7-8,10H2,1H3,(H,17,24). The largest absolute Gasteiger partial charge is 0.394 e. The average molecular weight is 326 g/mol. The van der Waals surface area contributed by atoms with Crippen LogP contribution in [0.2, 0.25) is 0 Å². The number of hydrogen-bond donors (Lipinski definition) is 2. The van der Waals surface area contributed by atoms with E-state index in [1.807, 2.05) is 37.3 Å². The number of carbonyl (C=O) groups is 1. The monoisotopic (exact) mass is 326 g/mol. The molecule has 0 unspecified atom stereocenters. The Morgan fingerprint density at radius 1 is 1.29 bits per heavy atom. The molecule has 124 valence electrons. The van der Waals surface area contributed by atoms with E-state index < -0.39 is 0 Å². The minimum atomic E-state index is -0.367. The molecule has 1 amide bonds. The third-order valence-corrected chi connectivity index (χ3v) is 3.42. The molecule has 3 aromatic rings. The van der Waals surface area contributed by atoms with Crippen LogP contribution < -0.4 is 5.32 Å². The number of nitrogens with one attached hydrogen (secondary N) is 1. The van der Waals surface area contributed by atoms with E-state index in [-0.39, 0.29) is 18.2 Å². The lowest BCUT2D eigenvalue weighted by Gasteiger charge is -2.08. The van der Waals surface area contributed by atoms with Crippen LogP contribution in [0.25, 0.3) is 0 Å². The van der Waals surface area contributed by atoms with E-state index >= 15 is 0 Å². The first kappa shape index (κ1) is 15.9. The van der Waals surface area contributed by atoms with Gasteiger partial charge < -0.3 is 10.4 Å². The van der Waals surface area contributed by atoms with Crippen LogP contribution in [0.3, 0.4) is 0 Å². The van der Waals surface area contributed by atoms with Gasteiger partial charge >= 0.3 is 0 Å². The normalized spacial score (nSPS) is 10.8. The van der Waals surface area contributed by atoms with Gasteiger partial charge in [-0.2, -0.15) is 5.10 Å². The van der Waals surface area contributed by atoms with Gasteiger partial charge in [0.25, 0.3) is 5.91 Å². The highest BCUT2D eigenvalue weighted by molar-refractivity contribution is 6.02. The summed E-state index contributed by atoms with van der Waals surface area (Å²) in [4.78, 5) is 12.3. The summed E-state index contributed by atoms with van der Waals surface area (Å²) in [6, 6.07) is 11.7. The van der Waals surface area contributed by atoms with Gasteiger partial charge in [-0.15, -0.1) is 5.10 Å². The maximum Gasteiger partial charge on any atom is 0.278 e. The summed E-state index contributed by atoms with van der Waals surface area (Å²) >= 11 is 0. The van der Waals surface area contributed by atoms with Gasteiger partial charge in [-0.1, -0.05) is 35.5 Å². The molecule has 0 spiro atoms. The maximum atomic E-state index is 12.3. The zero-order valence-corrected chi connectivity index (χ0v) is 13.3. The van der Waals surface area contributed by atoms with Crippen molar-refractivity contribution in [3.8, 4) is 0 Å². The summed E-state index contributed by atoms with van der Waals surface area (Å²) in [5.41, 5.74) is 2.09. The van der Waals surface area contributed by atoms with E-state index in [1.54, 1.807) is 10.7 Å². The molecule has 24 heavy (non-hydrogen) atoms.